The number of hydrogen-bond acceptors (Lipinski definition) is 4. The Morgan fingerprint density at radius 1 is 1.55 bits per heavy atom. The fraction of sp³-hybridized carbons (Fsp3) is 0.308. The van der Waals surface area contributed by atoms with Gasteiger partial charge in [-0.2, -0.15) is 9.49 Å². The standard InChI is InChI=1S/C13H15FN4O2/c1-2-12(15)10-6-16-17(8-10)7-9-3-4-13(18(19)20)11(14)5-9/h3-6,8,12H,2,7,15H2,1H3. The van der Waals surface area contributed by atoms with Gasteiger partial charge in [0.2, 0.25) is 5.82 Å². The molecule has 7 heteroatoms. The topological polar surface area (TPSA) is 87.0 Å². The normalized spacial score (nSPS) is 12.3. The Morgan fingerprint density at radius 3 is 2.90 bits per heavy atom. The van der Waals surface area contributed by atoms with Crippen LogP contribution >= 0.6 is 0 Å². The number of hydrogen-bond donors (Lipinski definition) is 1. The summed E-state index contributed by atoms with van der Waals surface area (Å²) in [6.45, 7) is 2.32. The van der Waals surface area contributed by atoms with Gasteiger partial charge in [-0.1, -0.05) is 13.0 Å². The Labute approximate surface area is 115 Å². The lowest BCUT2D eigenvalue weighted by Gasteiger charge is -2.05. The predicted molar refractivity (Wildman–Crippen MR) is 71.6 cm³/mol. The third-order valence-electron chi connectivity index (χ3n) is 3.07. The van der Waals surface area contributed by atoms with Crippen LogP contribution in [0.4, 0.5) is 10.1 Å². The van der Waals surface area contributed by atoms with Crippen molar-refractivity contribution in [3.8, 4) is 0 Å². The molecule has 0 bridgehead atoms. The van der Waals surface area contributed by atoms with Crippen LogP contribution in [0.2, 0.25) is 0 Å². The van der Waals surface area contributed by atoms with Gasteiger partial charge in [0, 0.05) is 23.9 Å². The first-order valence-electron chi connectivity index (χ1n) is 6.22. The molecule has 1 aromatic heterocycles. The minimum Gasteiger partial charge on any atom is -0.324 e. The second kappa shape index (κ2) is 5.79. The molecule has 2 N–H and O–H groups in total. The van der Waals surface area contributed by atoms with E-state index in [1.807, 2.05) is 6.92 Å². The van der Waals surface area contributed by atoms with Gasteiger partial charge >= 0.3 is 5.69 Å². The molecule has 0 radical (unpaired) electrons. The molecule has 0 saturated carbocycles. The van der Waals surface area contributed by atoms with Crippen LogP contribution in [0, 0.1) is 15.9 Å². The van der Waals surface area contributed by atoms with Crippen molar-refractivity contribution < 1.29 is 9.31 Å². The van der Waals surface area contributed by atoms with Gasteiger partial charge in [0.25, 0.3) is 0 Å². The van der Waals surface area contributed by atoms with Crippen LogP contribution < -0.4 is 5.73 Å². The quantitative estimate of drug-likeness (QED) is 0.672. The van der Waals surface area contributed by atoms with E-state index in [1.54, 1.807) is 17.1 Å². The summed E-state index contributed by atoms with van der Waals surface area (Å²) in [5, 5.41) is 14.7. The minimum atomic E-state index is -0.842. The van der Waals surface area contributed by atoms with Gasteiger partial charge < -0.3 is 5.73 Å². The molecule has 20 heavy (non-hydrogen) atoms. The van der Waals surface area contributed by atoms with Crippen molar-refractivity contribution >= 4 is 5.69 Å². The molecule has 0 aliphatic rings. The summed E-state index contributed by atoms with van der Waals surface area (Å²) >= 11 is 0. The first-order valence-corrected chi connectivity index (χ1v) is 6.22. The zero-order valence-electron chi connectivity index (χ0n) is 11.0. The van der Waals surface area contributed by atoms with E-state index >= 15 is 0 Å². The Bertz CT molecular complexity index is 627. The van der Waals surface area contributed by atoms with E-state index in [-0.39, 0.29) is 6.04 Å². The van der Waals surface area contributed by atoms with Crippen LogP contribution in [0.15, 0.2) is 30.6 Å². The molecule has 2 rings (SSSR count). The molecule has 0 amide bonds. The van der Waals surface area contributed by atoms with Gasteiger partial charge in [0.15, 0.2) is 0 Å². The molecule has 0 aliphatic carbocycles. The number of nitrogens with two attached hydrogens (primary N) is 1. The Kier molecular flexibility index (Phi) is 4.09. The third kappa shape index (κ3) is 3.00. The Morgan fingerprint density at radius 2 is 2.30 bits per heavy atom. The van der Waals surface area contributed by atoms with E-state index in [9.17, 15) is 14.5 Å². The fourth-order valence-corrected chi connectivity index (χ4v) is 1.88. The molecule has 1 aromatic carbocycles. The molecular formula is C13H15FN4O2. The lowest BCUT2D eigenvalue weighted by Crippen LogP contribution is -2.07. The number of aromatic nitrogens is 2. The molecule has 0 aliphatic heterocycles. The highest BCUT2D eigenvalue weighted by Crippen LogP contribution is 2.19. The van der Waals surface area contributed by atoms with Crippen LogP contribution in [0.5, 0.6) is 0 Å². The van der Waals surface area contributed by atoms with E-state index in [0.29, 0.717) is 12.1 Å². The molecule has 1 atom stereocenters. The highest BCUT2D eigenvalue weighted by molar-refractivity contribution is 5.35. The van der Waals surface area contributed by atoms with Crippen LogP contribution in [-0.4, -0.2) is 14.7 Å². The SMILES string of the molecule is CCC(N)c1cnn(Cc2ccc([N+](=O)[O-])c(F)c2)c1. The first kappa shape index (κ1) is 14.1. The van der Waals surface area contributed by atoms with Crippen molar-refractivity contribution in [2.24, 2.45) is 5.73 Å². The zero-order chi connectivity index (χ0) is 14.7. The van der Waals surface area contributed by atoms with E-state index < -0.39 is 16.4 Å². The maximum Gasteiger partial charge on any atom is 0.304 e. The Hall–Kier alpha value is -2.28. The summed E-state index contributed by atoms with van der Waals surface area (Å²) in [6, 6.07) is 3.76. The van der Waals surface area contributed by atoms with E-state index in [0.717, 1.165) is 24.1 Å². The molecule has 0 fully saturated rings. The summed E-state index contributed by atoms with van der Waals surface area (Å²) in [4.78, 5) is 9.79. The maximum atomic E-state index is 13.5. The molecule has 106 valence electrons. The number of benzene rings is 1. The van der Waals surface area contributed by atoms with Gasteiger partial charge in [0.05, 0.1) is 17.7 Å². The van der Waals surface area contributed by atoms with Crippen molar-refractivity contribution in [3.05, 3.63) is 57.7 Å². The average Bonchev–Trinajstić information content (AvgIpc) is 2.86. The fourth-order valence-electron chi connectivity index (χ4n) is 1.88. The molecule has 1 heterocycles. The van der Waals surface area contributed by atoms with E-state index in [4.69, 9.17) is 5.73 Å². The second-order valence-electron chi connectivity index (χ2n) is 4.53. The minimum absolute atomic E-state index is 0.0719. The smallest absolute Gasteiger partial charge is 0.304 e. The first-order chi connectivity index (χ1) is 9.51. The van der Waals surface area contributed by atoms with E-state index in [2.05, 4.69) is 5.10 Å². The second-order valence-corrected chi connectivity index (χ2v) is 4.53. The van der Waals surface area contributed by atoms with Gasteiger partial charge in [0.1, 0.15) is 0 Å². The number of nitro benzene ring substituents is 1. The largest absolute Gasteiger partial charge is 0.324 e. The van der Waals surface area contributed by atoms with Gasteiger partial charge in [-0.15, -0.1) is 0 Å². The summed E-state index contributed by atoms with van der Waals surface area (Å²) in [5.41, 5.74) is 6.88. The molecule has 0 saturated heterocycles. The average molecular weight is 278 g/mol. The summed E-state index contributed by atoms with van der Waals surface area (Å²) < 4.78 is 15.1. The van der Waals surface area contributed by atoms with Crippen molar-refractivity contribution in [2.45, 2.75) is 25.9 Å². The number of rotatable bonds is 5. The maximum absolute atomic E-state index is 13.5. The van der Waals surface area contributed by atoms with Crippen molar-refractivity contribution in [1.29, 1.82) is 0 Å². The molecule has 1 unspecified atom stereocenters. The zero-order valence-corrected chi connectivity index (χ0v) is 11.0. The van der Waals surface area contributed by atoms with Crippen molar-refractivity contribution in [2.75, 3.05) is 0 Å². The van der Waals surface area contributed by atoms with Crippen LogP contribution in [-0.2, 0) is 6.54 Å². The lowest BCUT2D eigenvalue weighted by atomic mass is 10.1. The summed E-state index contributed by atoms with van der Waals surface area (Å²) in [7, 11) is 0. The van der Waals surface area contributed by atoms with Crippen LogP contribution in [0.1, 0.15) is 30.5 Å². The monoisotopic (exact) mass is 278 g/mol. The molecule has 2 aromatic rings. The van der Waals surface area contributed by atoms with E-state index in [1.165, 1.54) is 6.07 Å². The van der Waals surface area contributed by atoms with Gasteiger partial charge in [-0.3, -0.25) is 14.8 Å². The lowest BCUT2D eigenvalue weighted by molar-refractivity contribution is -0.387. The molecule has 0 spiro atoms. The molecular weight excluding hydrogens is 263 g/mol. The van der Waals surface area contributed by atoms with Gasteiger partial charge in [-0.05, 0) is 18.1 Å². The van der Waals surface area contributed by atoms with Crippen LogP contribution in [0.3, 0.4) is 0 Å². The summed E-state index contributed by atoms with van der Waals surface area (Å²) in [6.07, 6.45) is 4.28. The van der Waals surface area contributed by atoms with Crippen LogP contribution in [0.25, 0.3) is 0 Å². The number of nitro groups is 1. The highest BCUT2D eigenvalue weighted by Gasteiger charge is 2.14. The third-order valence-corrected chi connectivity index (χ3v) is 3.07. The Balaban J connectivity index is 2.16. The highest BCUT2D eigenvalue weighted by atomic mass is 19.1. The predicted octanol–water partition coefficient (Wildman–Crippen LogP) is 2.39. The van der Waals surface area contributed by atoms with Crippen molar-refractivity contribution in [3.63, 3.8) is 0 Å². The molecule has 6 nitrogen and oxygen atoms in total. The number of halogens is 1. The van der Waals surface area contributed by atoms with Gasteiger partial charge in [-0.25, -0.2) is 0 Å². The summed E-state index contributed by atoms with van der Waals surface area (Å²) in [5.74, 6) is -0.842. The van der Waals surface area contributed by atoms with Crippen molar-refractivity contribution in [1.82, 2.24) is 9.78 Å². The number of nitrogens with zero attached hydrogens (tertiary/aromatic N) is 3.